The summed E-state index contributed by atoms with van der Waals surface area (Å²) >= 11 is 5.85. The molecule has 1 unspecified atom stereocenters. The maximum atomic E-state index is 11.9. The van der Waals surface area contributed by atoms with Crippen molar-refractivity contribution in [2.24, 2.45) is 0 Å². The molecule has 2 heterocycles. The predicted molar refractivity (Wildman–Crippen MR) is 87.2 cm³/mol. The maximum absolute atomic E-state index is 11.9. The fourth-order valence-corrected chi connectivity index (χ4v) is 2.14. The smallest absolute Gasteiger partial charge is 0.315 e. The van der Waals surface area contributed by atoms with Gasteiger partial charge >= 0.3 is 6.03 Å². The first-order valence-corrected chi connectivity index (χ1v) is 7.66. The lowest BCUT2D eigenvalue weighted by molar-refractivity contribution is 0.236. The minimum absolute atomic E-state index is 0.299. The number of hydrogen-bond acceptors (Lipinski definition) is 5. The first-order valence-electron chi connectivity index (χ1n) is 7.28. The molecule has 124 valence electrons. The Morgan fingerprint density at radius 1 is 1.29 bits per heavy atom. The molecule has 0 aliphatic carbocycles. The highest BCUT2D eigenvalue weighted by molar-refractivity contribution is 6.30. The van der Waals surface area contributed by atoms with E-state index in [-0.39, 0.29) is 6.03 Å². The van der Waals surface area contributed by atoms with Crippen LogP contribution in [-0.4, -0.2) is 16.2 Å². The Bertz CT molecular complexity index is 799. The van der Waals surface area contributed by atoms with Crippen molar-refractivity contribution < 1.29 is 13.7 Å². The molecule has 7 nitrogen and oxygen atoms in total. The number of nitrogens with one attached hydrogen (secondary N) is 2. The van der Waals surface area contributed by atoms with Crippen molar-refractivity contribution >= 4 is 17.6 Å². The van der Waals surface area contributed by atoms with Crippen LogP contribution in [0.4, 0.5) is 4.79 Å². The Morgan fingerprint density at radius 3 is 2.79 bits per heavy atom. The molecular weight excluding hydrogens is 332 g/mol. The molecule has 8 heteroatoms. The van der Waals surface area contributed by atoms with Crippen LogP contribution in [0.25, 0.3) is 11.5 Å². The van der Waals surface area contributed by atoms with Gasteiger partial charge in [-0.1, -0.05) is 16.8 Å². The Morgan fingerprint density at radius 2 is 2.08 bits per heavy atom. The molecule has 0 saturated heterocycles. The van der Waals surface area contributed by atoms with E-state index in [1.165, 1.54) is 0 Å². The zero-order valence-corrected chi connectivity index (χ0v) is 13.6. The third kappa shape index (κ3) is 3.94. The number of rotatable bonds is 5. The summed E-state index contributed by atoms with van der Waals surface area (Å²) < 4.78 is 10.4. The van der Waals surface area contributed by atoms with Crippen molar-refractivity contribution in [3.8, 4) is 11.5 Å². The minimum atomic E-state index is -0.411. The largest absolute Gasteiger partial charge is 0.467 e. The zero-order valence-electron chi connectivity index (χ0n) is 12.8. The van der Waals surface area contributed by atoms with Crippen molar-refractivity contribution in [1.82, 2.24) is 20.8 Å². The molecule has 0 spiro atoms. The number of halogens is 1. The van der Waals surface area contributed by atoms with Gasteiger partial charge in [0, 0.05) is 10.6 Å². The summed E-state index contributed by atoms with van der Waals surface area (Å²) in [5.41, 5.74) is 0.757. The number of hydrogen-bond donors (Lipinski definition) is 2. The normalized spacial score (nSPS) is 11.9. The van der Waals surface area contributed by atoms with Crippen LogP contribution < -0.4 is 10.6 Å². The van der Waals surface area contributed by atoms with Gasteiger partial charge in [-0.25, -0.2) is 4.79 Å². The van der Waals surface area contributed by atoms with Crippen LogP contribution in [0, 0.1) is 0 Å². The van der Waals surface area contributed by atoms with Gasteiger partial charge in [0.25, 0.3) is 5.89 Å². The molecular formula is C16H15ClN4O3. The monoisotopic (exact) mass is 346 g/mol. The molecule has 24 heavy (non-hydrogen) atoms. The standard InChI is InChI=1S/C16H15ClN4O3/c1-10(19-16(22)18-9-13-3-2-8-23-13)14-20-15(24-21-14)11-4-6-12(17)7-5-11/h2-8,10H,9H2,1H3,(H2,18,19,22). The summed E-state index contributed by atoms with van der Waals surface area (Å²) in [5.74, 6) is 1.42. The average Bonchev–Trinajstić information content (AvgIpc) is 3.25. The van der Waals surface area contributed by atoms with Crippen molar-refractivity contribution in [3.05, 3.63) is 59.3 Å². The Hall–Kier alpha value is -2.80. The molecule has 2 aromatic heterocycles. The van der Waals surface area contributed by atoms with Gasteiger partial charge in [0.1, 0.15) is 5.76 Å². The molecule has 2 amide bonds. The Kier molecular flexibility index (Phi) is 4.81. The maximum Gasteiger partial charge on any atom is 0.315 e. The van der Waals surface area contributed by atoms with E-state index in [1.807, 2.05) is 0 Å². The summed E-state index contributed by atoms with van der Waals surface area (Å²) in [7, 11) is 0. The molecule has 3 rings (SSSR count). The van der Waals surface area contributed by atoms with E-state index in [4.69, 9.17) is 20.5 Å². The number of carbonyl (C=O) groups excluding carboxylic acids is 1. The van der Waals surface area contributed by atoms with Crippen molar-refractivity contribution in [2.75, 3.05) is 0 Å². The van der Waals surface area contributed by atoms with E-state index in [0.29, 0.717) is 29.0 Å². The molecule has 0 aliphatic heterocycles. The lowest BCUT2D eigenvalue weighted by Crippen LogP contribution is -2.36. The van der Waals surface area contributed by atoms with Gasteiger partial charge in [0.2, 0.25) is 0 Å². The van der Waals surface area contributed by atoms with Crippen LogP contribution in [0.1, 0.15) is 24.6 Å². The van der Waals surface area contributed by atoms with Crippen LogP contribution in [-0.2, 0) is 6.54 Å². The third-order valence-electron chi connectivity index (χ3n) is 3.27. The first kappa shape index (κ1) is 16.1. The van der Waals surface area contributed by atoms with Crippen molar-refractivity contribution in [2.45, 2.75) is 19.5 Å². The molecule has 0 radical (unpaired) electrons. The molecule has 3 aromatic rings. The molecule has 0 bridgehead atoms. The highest BCUT2D eigenvalue weighted by Crippen LogP contribution is 2.21. The van der Waals surface area contributed by atoms with Crippen molar-refractivity contribution in [1.29, 1.82) is 0 Å². The van der Waals surface area contributed by atoms with Gasteiger partial charge in [-0.3, -0.25) is 0 Å². The second-order valence-corrected chi connectivity index (χ2v) is 5.53. The second-order valence-electron chi connectivity index (χ2n) is 5.09. The van der Waals surface area contributed by atoms with E-state index in [0.717, 1.165) is 5.56 Å². The number of nitrogens with zero attached hydrogens (tertiary/aromatic N) is 2. The van der Waals surface area contributed by atoms with Crippen LogP contribution in [0.15, 0.2) is 51.6 Å². The summed E-state index contributed by atoms with van der Waals surface area (Å²) in [4.78, 5) is 16.2. The lowest BCUT2D eigenvalue weighted by atomic mass is 10.2. The van der Waals surface area contributed by atoms with Gasteiger partial charge in [0.15, 0.2) is 5.82 Å². The van der Waals surface area contributed by atoms with Gasteiger partial charge in [-0.05, 0) is 43.3 Å². The van der Waals surface area contributed by atoms with Crippen LogP contribution in [0.5, 0.6) is 0 Å². The van der Waals surface area contributed by atoms with Crippen LogP contribution in [0.3, 0.4) is 0 Å². The number of amides is 2. The molecule has 1 atom stereocenters. The SMILES string of the molecule is CC(NC(=O)NCc1ccco1)c1noc(-c2ccc(Cl)cc2)n1. The molecule has 1 aromatic carbocycles. The highest BCUT2D eigenvalue weighted by Gasteiger charge is 2.17. The van der Waals surface area contributed by atoms with E-state index in [9.17, 15) is 4.79 Å². The number of benzene rings is 1. The molecule has 2 N–H and O–H groups in total. The van der Waals surface area contributed by atoms with Crippen molar-refractivity contribution in [3.63, 3.8) is 0 Å². The molecule has 0 fully saturated rings. The van der Waals surface area contributed by atoms with E-state index >= 15 is 0 Å². The Labute approximate surface area is 143 Å². The van der Waals surface area contributed by atoms with E-state index < -0.39 is 6.04 Å². The summed E-state index contributed by atoms with van der Waals surface area (Å²) in [6.45, 7) is 2.07. The Balaban J connectivity index is 1.58. The van der Waals surface area contributed by atoms with Crippen LogP contribution >= 0.6 is 11.6 Å². The lowest BCUT2D eigenvalue weighted by Gasteiger charge is -2.10. The number of urea groups is 1. The quantitative estimate of drug-likeness (QED) is 0.737. The van der Waals surface area contributed by atoms with Gasteiger partial charge in [-0.15, -0.1) is 0 Å². The second kappa shape index (κ2) is 7.18. The number of aromatic nitrogens is 2. The fourth-order valence-electron chi connectivity index (χ4n) is 2.01. The number of furan rings is 1. The number of carbonyl (C=O) groups is 1. The van der Waals surface area contributed by atoms with Gasteiger partial charge < -0.3 is 19.6 Å². The summed E-state index contributed by atoms with van der Waals surface area (Å²) in [6.07, 6.45) is 1.55. The topological polar surface area (TPSA) is 93.2 Å². The van der Waals surface area contributed by atoms with Crippen LogP contribution in [0.2, 0.25) is 5.02 Å². The predicted octanol–water partition coefficient (Wildman–Crippen LogP) is 3.54. The van der Waals surface area contributed by atoms with Gasteiger partial charge in [0.05, 0.1) is 18.8 Å². The van der Waals surface area contributed by atoms with E-state index in [1.54, 1.807) is 49.6 Å². The summed E-state index contributed by atoms with van der Waals surface area (Å²) in [5, 5.41) is 9.95. The molecule has 0 saturated carbocycles. The zero-order chi connectivity index (χ0) is 16.9. The fraction of sp³-hybridized carbons (Fsp3) is 0.188. The van der Waals surface area contributed by atoms with Gasteiger partial charge in [-0.2, -0.15) is 4.98 Å². The third-order valence-corrected chi connectivity index (χ3v) is 3.52. The first-order chi connectivity index (χ1) is 11.6. The minimum Gasteiger partial charge on any atom is -0.467 e. The molecule has 0 aliphatic rings. The summed E-state index contributed by atoms with van der Waals surface area (Å²) in [6, 6.07) is 9.83. The van der Waals surface area contributed by atoms with E-state index in [2.05, 4.69) is 20.8 Å². The average molecular weight is 347 g/mol. The highest BCUT2D eigenvalue weighted by atomic mass is 35.5.